The molecule has 0 radical (unpaired) electrons. The second kappa shape index (κ2) is 7.35. The average Bonchev–Trinajstić information content (AvgIpc) is 3.17. The Bertz CT molecular complexity index is 1030. The normalized spacial score (nSPS) is 16.6. The molecule has 5 nitrogen and oxygen atoms in total. The number of aromatic carboxylic acids is 1. The van der Waals surface area contributed by atoms with Crippen LogP contribution in [-0.2, 0) is 0 Å². The molecule has 0 saturated carbocycles. The minimum Gasteiger partial charge on any atom is -0.478 e. The molecule has 1 aliphatic heterocycles. The number of benzene rings is 2. The van der Waals surface area contributed by atoms with Gasteiger partial charge in [0.05, 0.1) is 22.5 Å². The minimum atomic E-state index is -1.04. The third kappa shape index (κ3) is 3.58. The number of anilines is 2. The second-order valence-electron chi connectivity index (χ2n) is 6.52. The van der Waals surface area contributed by atoms with Crippen molar-refractivity contribution in [1.29, 1.82) is 0 Å². The van der Waals surface area contributed by atoms with Crippen LogP contribution in [0.25, 0.3) is 10.9 Å². The molecule has 1 aromatic heterocycles. The lowest BCUT2D eigenvalue weighted by atomic mass is 10.0. The molecule has 3 N–H and O–H groups in total. The Morgan fingerprint density at radius 1 is 1.19 bits per heavy atom. The maximum absolute atomic E-state index is 11.7. The van der Waals surface area contributed by atoms with Crippen LogP contribution in [0.4, 0.5) is 11.4 Å². The first kappa shape index (κ1) is 18.0. The zero-order chi connectivity index (χ0) is 19.0. The molecule has 27 heavy (non-hydrogen) atoms. The van der Waals surface area contributed by atoms with E-state index in [0.29, 0.717) is 15.7 Å². The summed E-state index contributed by atoms with van der Waals surface area (Å²) in [6.45, 7) is 0.943. The largest absolute Gasteiger partial charge is 0.478 e. The quantitative estimate of drug-likeness (QED) is 0.544. The van der Waals surface area contributed by atoms with E-state index in [1.165, 1.54) is 6.07 Å². The fourth-order valence-electron chi connectivity index (χ4n) is 3.47. The lowest BCUT2D eigenvalue weighted by Crippen LogP contribution is -2.15. The SMILES string of the molecule is O=C(O)c1cc(Cl)ccc1Nc1c([C@@H]2CCCN2)cnc2ccc(Cl)cc12. The number of hydrogen-bond donors (Lipinski definition) is 3. The van der Waals surface area contributed by atoms with Crippen LogP contribution in [0.5, 0.6) is 0 Å². The molecule has 7 heteroatoms. The molecule has 0 bridgehead atoms. The van der Waals surface area contributed by atoms with Crippen LogP contribution in [0.3, 0.4) is 0 Å². The van der Waals surface area contributed by atoms with Gasteiger partial charge in [0, 0.05) is 33.2 Å². The number of nitrogens with zero attached hydrogens (tertiary/aromatic N) is 1. The lowest BCUT2D eigenvalue weighted by Gasteiger charge is -2.20. The van der Waals surface area contributed by atoms with Crippen molar-refractivity contribution < 1.29 is 9.90 Å². The van der Waals surface area contributed by atoms with Gasteiger partial charge >= 0.3 is 5.97 Å². The highest BCUT2D eigenvalue weighted by Gasteiger charge is 2.23. The standard InChI is InChI=1S/C20H17Cl2N3O2/c21-11-3-5-17-13(8-11)19(15(10-24-17)16-2-1-7-23-16)25-18-6-4-12(22)9-14(18)20(26)27/h3-6,8-10,16,23H,1-2,7H2,(H,24,25)(H,26,27)/t16-/m0/s1. The third-order valence-corrected chi connectivity index (χ3v) is 5.24. The molecule has 1 atom stereocenters. The molecule has 0 spiro atoms. The van der Waals surface area contributed by atoms with Gasteiger partial charge in [0.1, 0.15) is 0 Å². The molecule has 1 saturated heterocycles. The van der Waals surface area contributed by atoms with Crippen LogP contribution in [0.15, 0.2) is 42.6 Å². The maximum Gasteiger partial charge on any atom is 0.337 e. The number of carbonyl (C=O) groups is 1. The predicted octanol–water partition coefficient (Wildman–Crippen LogP) is 5.41. The summed E-state index contributed by atoms with van der Waals surface area (Å²) in [5, 5.41) is 18.2. The molecule has 0 amide bonds. The van der Waals surface area contributed by atoms with E-state index in [4.69, 9.17) is 23.2 Å². The van der Waals surface area contributed by atoms with E-state index < -0.39 is 5.97 Å². The summed E-state index contributed by atoms with van der Waals surface area (Å²) in [7, 11) is 0. The van der Waals surface area contributed by atoms with Crippen LogP contribution >= 0.6 is 23.2 Å². The van der Waals surface area contributed by atoms with Gasteiger partial charge in [0.2, 0.25) is 0 Å². The van der Waals surface area contributed by atoms with Crippen LogP contribution in [0, 0.1) is 0 Å². The Labute approximate surface area is 166 Å². The third-order valence-electron chi connectivity index (χ3n) is 4.77. The molecule has 1 fully saturated rings. The Balaban J connectivity index is 1.90. The van der Waals surface area contributed by atoms with Gasteiger partial charge in [-0.05, 0) is 55.8 Å². The van der Waals surface area contributed by atoms with Crippen molar-refractivity contribution in [3.8, 4) is 0 Å². The molecule has 0 aliphatic carbocycles. The number of carboxylic acid groups (broad SMARTS) is 1. The van der Waals surface area contributed by atoms with Crippen LogP contribution in [0.2, 0.25) is 10.0 Å². The predicted molar refractivity (Wildman–Crippen MR) is 108 cm³/mol. The second-order valence-corrected chi connectivity index (χ2v) is 7.39. The van der Waals surface area contributed by atoms with E-state index in [1.807, 2.05) is 18.3 Å². The van der Waals surface area contributed by atoms with Crippen molar-refractivity contribution in [2.75, 3.05) is 11.9 Å². The van der Waals surface area contributed by atoms with Crippen molar-refractivity contribution in [3.05, 3.63) is 63.8 Å². The highest BCUT2D eigenvalue weighted by atomic mass is 35.5. The molecule has 1 aliphatic rings. The summed E-state index contributed by atoms with van der Waals surface area (Å²) in [5.74, 6) is -1.04. The number of halogens is 2. The number of pyridine rings is 1. The van der Waals surface area contributed by atoms with Gasteiger partial charge in [0.15, 0.2) is 0 Å². The number of carboxylic acids is 1. The number of rotatable bonds is 4. The molecule has 2 aromatic carbocycles. The van der Waals surface area contributed by atoms with Gasteiger partial charge < -0.3 is 15.7 Å². The maximum atomic E-state index is 11.7. The molecule has 3 aromatic rings. The first-order chi connectivity index (χ1) is 13.0. The first-order valence-corrected chi connectivity index (χ1v) is 9.40. The number of nitrogens with one attached hydrogen (secondary N) is 2. The van der Waals surface area contributed by atoms with E-state index in [2.05, 4.69) is 15.6 Å². The van der Waals surface area contributed by atoms with E-state index in [1.54, 1.807) is 18.2 Å². The van der Waals surface area contributed by atoms with Crippen LogP contribution in [0.1, 0.15) is 34.8 Å². The van der Waals surface area contributed by atoms with Crippen molar-refractivity contribution in [3.63, 3.8) is 0 Å². The number of fused-ring (bicyclic) bond motifs is 1. The Kier molecular flexibility index (Phi) is 4.91. The monoisotopic (exact) mass is 401 g/mol. The van der Waals surface area contributed by atoms with Crippen LogP contribution < -0.4 is 10.6 Å². The summed E-state index contributed by atoms with van der Waals surface area (Å²) < 4.78 is 0. The van der Waals surface area contributed by atoms with Crippen molar-refractivity contribution in [2.45, 2.75) is 18.9 Å². The van der Waals surface area contributed by atoms with Crippen molar-refractivity contribution in [1.82, 2.24) is 10.3 Å². The molecule has 2 heterocycles. The van der Waals surface area contributed by atoms with Crippen molar-refractivity contribution >= 4 is 51.4 Å². The van der Waals surface area contributed by atoms with E-state index in [0.717, 1.165) is 41.5 Å². The molecular formula is C20H17Cl2N3O2. The molecule has 0 unspecified atom stereocenters. The number of aromatic nitrogens is 1. The summed E-state index contributed by atoms with van der Waals surface area (Å²) in [6.07, 6.45) is 3.92. The summed E-state index contributed by atoms with van der Waals surface area (Å²) in [6, 6.07) is 10.4. The van der Waals surface area contributed by atoms with Gasteiger partial charge in [-0.2, -0.15) is 0 Å². The summed E-state index contributed by atoms with van der Waals surface area (Å²) in [5.41, 5.74) is 3.17. The Morgan fingerprint density at radius 3 is 2.70 bits per heavy atom. The van der Waals surface area contributed by atoms with E-state index in [9.17, 15) is 9.90 Å². The molecular weight excluding hydrogens is 385 g/mol. The van der Waals surface area contributed by atoms with Gasteiger partial charge in [0.25, 0.3) is 0 Å². The van der Waals surface area contributed by atoms with E-state index >= 15 is 0 Å². The summed E-state index contributed by atoms with van der Waals surface area (Å²) in [4.78, 5) is 16.2. The minimum absolute atomic E-state index is 0.111. The average molecular weight is 402 g/mol. The molecule has 138 valence electrons. The van der Waals surface area contributed by atoms with Gasteiger partial charge in [-0.1, -0.05) is 23.2 Å². The Morgan fingerprint density at radius 2 is 1.96 bits per heavy atom. The fraction of sp³-hybridized carbons (Fsp3) is 0.200. The lowest BCUT2D eigenvalue weighted by molar-refractivity contribution is 0.0698. The molecule has 4 rings (SSSR count). The fourth-order valence-corrected chi connectivity index (χ4v) is 3.82. The van der Waals surface area contributed by atoms with Gasteiger partial charge in [-0.15, -0.1) is 0 Å². The topological polar surface area (TPSA) is 74.2 Å². The zero-order valence-electron chi connectivity index (χ0n) is 14.3. The highest BCUT2D eigenvalue weighted by Crippen LogP contribution is 2.37. The van der Waals surface area contributed by atoms with Crippen LogP contribution in [-0.4, -0.2) is 22.6 Å². The number of hydrogen-bond acceptors (Lipinski definition) is 4. The van der Waals surface area contributed by atoms with Crippen molar-refractivity contribution in [2.24, 2.45) is 0 Å². The van der Waals surface area contributed by atoms with Gasteiger partial charge in [-0.3, -0.25) is 4.98 Å². The van der Waals surface area contributed by atoms with E-state index in [-0.39, 0.29) is 11.6 Å². The first-order valence-electron chi connectivity index (χ1n) is 8.64. The zero-order valence-corrected chi connectivity index (χ0v) is 15.8. The Hall–Kier alpha value is -2.34. The van der Waals surface area contributed by atoms with Gasteiger partial charge in [-0.25, -0.2) is 4.79 Å². The smallest absolute Gasteiger partial charge is 0.337 e. The summed E-state index contributed by atoms with van der Waals surface area (Å²) >= 11 is 12.2. The highest BCUT2D eigenvalue weighted by molar-refractivity contribution is 6.31.